The van der Waals surface area contributed by atoms with Crippen LogP contribution in [0.15, 0.2) is 18.2 Å². The molecule has 17 heavy (non-hydrogen) atoms. The molecule has 2 N–H and O–H groups in total. The lowest BCUT2D eigenvalue weighted by Crippen LogP contribution is -2.16. The van der Waals surface area contributed by atoms with Crippen LogP contribution in [0.5, 0.6) is 5.75 Å². The van der Waals surface area contributed by atoms with Gasteiger partial charge >= 0.3 is 0 Å². The Morgan fingerprint density at radius 2 is 2.24 bits per heavy atom. The molecule has 0 aromatic heterocycles. The van der Waals surface area contributed by atoms with Crippen LogP contribution >= 0.6 is 11.6 Å². The molecule has 0 radical (unpaired) electrons. The molecule has 0 heterocycles. The molecule has 1 aliphatic carbocycles. The van der Waals surface area contributed by atoms with Crippen molar-refractivity contribution in [2.75, 3.05) is 13.2 Å². The lowest BCUT2D eigenvalue weighted by atomic mass is 10.2. The van der Waals surface area contributed by atoms with E-state index in [0.29, 0.717) is 24.1 Å². The minimum Gasteiger partial charge on any atom is -0.492 e. The van der Waals surface area contributed by atoms with Crippen LogP contribution in [0, 0.1) is 0 Å². The van der Waals surface area contributed by atoms with Gasteiger partial charge in [0, 0.05) is 31.2 Å². The van der Waals surface area contributed by atoms with Gasteiger partial charge in [-0.05, 0) is 18.9 Å². The van der Waals surface area contributed by atoms with E-state index >= 15 is 0 Å². The van der Waals surface area contributed by atoms with E-state index in [9.17, 15) is 0 Å². The highest BCUT2D eigenvalue weighted by atomic mass is 35.5. The van der Waals surface area contributed by atoms with Gasteiger partial charge in [0.15, 0.2) is 0 Å². The van der Waals surface area contributed by atoms with Crippen molar-refractivity contribution < 1.29 is 9.84 Å². The normalized spacial score (nSPS) is 14.9. The molecule has 2 rings (SSSR count). The van der Waals surface area contributed by atoms with Crippen LogP contribution in [0.1, 0.15) is 24.8 Å². The summed E-state index contributed by atoms with van der Waals surface area (Å²) in [6.45, 7) is 1.43. The van der Waals surface area contributed by atoms with E-state index in [1.165, 1.54) is 12.8 Å². The Kier molecular flexibility index (Phi) is 4.66. The van der Waals surface area contributed by atoms with Gasteiger partial charge in [-0.25, -0.2) is 0 Å². The molecule has 0 spiro atoms. The Balaban J connectivity index is 1.98. The number of halogens is 1. The van der Waals surface area contributed by atoms with E-state index in [2.05, 4.69) is 5.32 Å². The van der Waals surface area contributed by atoms with Gasteiger partial charge < -0.3 is 15.2 Å². The van der Waals surface area contributed by atoms with Crippen molar-refractivity contribution in [3.05, 3.63) is 28.8 Å². The van der Waals surface area contributed by atoms with Gasteiger partial charge in [0.05, 0.1) is 11.6 Å². The largest absolute Gasteiger partial charge is 0.492 e. The second-order valence-electron chi connectivity index (χ2n) is 4.31. The van der Waals surface area contributed by atoms with E-state index in [-0.39, 0.29) is 6.61 Å². The van der Waals surface area contributed by atoms with Crippen molar-refractivity contribution in [1.29, 1.82) is 0 Å². The zero-order valence-corrected chi connectivity index (χ0v) is 10.5. The lowest BCUT2D eigenvalue weighted by Gasteiger charge is -2.13. The quantitative estimate of drug-likeness (QED) is 0.735. The van der Waals surface area contributed by atoms with Crippen LogP contribution in [0.25, 0.3) is 0 Å². The fourth-order valence-corrected chi connectivity index (χ4v) is 1.88. The van der Waals surface area contributed by atoms with Gasteiger partial charge in [-0.1, -0.05) is 23.7 Å². The van der Waals surface area contributed by atoms with Crippen LogP contribution in [0.4, 0.5) is 0 Å². The summed E-state index contributed by atoms with van der Waals surface area (Å²) in [5.74, 6) is 0.746. The molecule has 1 fully saturated rings. The number of aliphatic hydroxyl groups is 1. The maximum Gasteiger partial charge on any atom is 0.142 e. The zero-order valence-electron chi connectivity index (χ0n) is 9.79. The molecule has 4 heteroatoms. The molecule has 0 bridgehead atoms. The summed E-state index contributed by atoms with van der Waals surface area (Å²) < 4.78 is 5.63. The van der Waals surface area contributed by atoms with Crippen molar-refractivity contribution in [2.24, 2.45) is 0 Å². The Morgan fingerprint density at radius 1 is 1.41 bits per heavy atom. The van der Waals surface area contributed by atoms with Gasteiger partial charge in [-0.3, -0.25) is 0 Å². The number of benzene rings is 1. The monoisotopic (exact) mass is 255 g/mol. The summed E-state index contributed by atoms with van der Waals surface area (Å²) in [6.07, 6.45) is 3.16. The fraction of sp³-hybridized carbons (Fsp3) is 0.538. The lowest BCUT2D eigenvalue weighted by molar-refractivity contribution is 0.232. The van der Waals surface area contributed by atoms with Crippen molar-refractivity contribution in [1.82, 2.24) is 5.32 Å². The van der Waals surface area contributed by atoms with E-state index in [4.69, 9.17) is 21.4 Å². The van der Waals surface area contributed by atoms with Crippen molar-refractivity contribution in [3.8, 4) is 5.75 Å². The van der Waals surface area contributed by atoms with Crippen LogP contribution < -0.4 is 10.1 Å². The first-order valence-electron chi connectivity index (χ1n) is 6.05. The predicted molar refractivity (Wildman–Crippen MR) is 68.5 cm³/mol. The van der Waals surface area contributed by atoms with Crippen molar-refractivity contribution in [3.63, 3.8) is 0 Å². The molecule has 0 saturated heterocycles. The zero-order chi connectivity index (χ0) is 12.1. The van der Waals surface area contributed by atoms with Crippen LogP contribution in [-0.4, -0.2) is 24.4 Å². The second-order valence-corrected chi connectivity index (χ2v) is 4.72. The molecule has 0 atom stereocenters. The minimum absolute atomic E-state index is 0.139. The molecule has 1 aliphatic rings. The molecule has 1 saturated carbocycles. The van der Waals surface area contributed by atoms with Crippen LogP contribution in [-0.2, 0) is 6.54 Å². The third-order valence-corrected chi connectivity index (χ3v) is 3.05. The van der Waals surface area contributed by atoms with E-state index in [1.807, 2.05) is 18.2 Å². The summed E-state index contributed by atoms with van der Waals surface area (Å²) in [5.41, 5.74) is 1.09. The van der Waals surface area contributed by atoms with Crippen molar-refractivity contribution >= 4 is 11.6 Å². The third-order valence-electron chi connectivity index (χ3n) is 2.76. The molecule has 0 amide bonds. The Morgan fingerprint density at radius 3 is 2.94 bits per heavy atom. The molecular weight excluding hydrogens is 238 g/mol. The Labute approximate surface area is 107 Å². The molecule has 3 nitrogen and oxygen atoms in total. The van der Waals surface area contributed by atoms with Crippen LogP contribution in [0.2, 0.25) is 5.02 Å². The van der Waals surface area contributed by atoms with Gasteiger partial charge in [-0.2, -0.15) is 0 Å². The number of aliphatic hydroxyl groups excluding tert-OH is 1. The van der Waals surface area contributed by atoms with Gasteiger partial charge in [0.25, 0.3) is 0 Å². The fourth-order valence-electron chi connectivity index (χ4n) is 1.63. The van der Waals surface area contributed by atoms with E-state index in [0.717, 1.165) is 17.9 Å². The molecular formula is C13H18ClNO2. The summed E-state index contributed by atoms with van der Waals surface area (Å²) in [5, 5.41) is 12.8. The first-order valence-corrected chi connectivity index (χ1v) is 6.43. The second kappa shape index (κ2) is 6.24. The SMILES string of the molecule is OCCCOc1c(Cl)cccc1CNC1CC1. The van der Waals surface area contributed by atoms with Gasteiger partial charge in [-0.15, -0.1) is 0 Å². The molecule has 1 aromatic carbocycles. The average Bonchev–Trinajstić information content (AvgIpc) is 3.13. The number of hydrogen-bond donors (Lipinski definition) is 2. The Hall–Kier alpha value is -0.770. The first-order chi connectivity index (χ1) is 8.31. The van der Waals surface area contributed by atoms with Crippen molar-refractivity contribution in [2.45, 2.75) is 31.8 Å². The van der Waals surface area contributed by atoms with Crippen LogP contribution in [0.3, 0.4) is 0 Å². The number of rotatable bonds is 7. The maximum atomic E-state index is 8.74. The molecule has 0 unspecified atom stereocenters. The topological polar surface area (TPSA) is 41.5 Å². The van der Waals surface area contributed by atoms with Gasteiger partial charge in [0.2, 0.25) is 0 Å². The minimum atomic E-state index is 0.139. The number of para-hydroxylation sites is 1. The molecule has 1 aromatic rings. The maximum absolute atomic E-state index is 8.74. The smallest absolute Gasteiger partial charge is 0.142 e. The highest BCUT2D eigenvalue weighted by Gasteiger charge is 2.20. The number of ether oxygens (including phenoxy) is 1. The van der Waals surface area contributed by atoms with E-state index in [1.54, 1.807) is 0 Å². The highest BCUT2D eigenvalue weighted by molar-refractivity contribution is 6.32. The summed E-state index contributed by atoms with van der Waals surface area (Å²) >= 11 is 6.12. The number of nitrogens with one attached hydrogen (secondary N) is 1. The van der Waals surface area contributed by atoms with Gasteiger partial charge in [0.1, 0.15) is 5.75 Å². The molecule has 0 aliphatic heterocycles. The first kappa shape index (κ1) is 12.7. The van der Waals surface area contributed by atoms with E-state index < -0.39 is 0 Å². The molecule has 94 valence electrons. The Bertz CT molecular complexity index is 366. The average molecular weight is 256 g/mol. The standard InChI is InChI=1S/C13H18ClNO2/c14-12-4-1-3-10(9-15-11-5-6-11)13(12)17-8-2-7-16/h1,3-4,11,15-16H,2,5-9H2. The summed E-state index contributed by atoms with van der Waals surface area (Å²) in [7, 11) is 0. The third kappa shape index (κ3) is 3.87. The highest BCUT2D eigenvalue weighted by Crippen LogP contribution is 2.29. The summed E-state index contributed by atoms with van der Waals surface area (Å²) in [6, 6.07) is 6.45. The predicted octanol–water partition coefficient (Wildman–Crippen LogP) is 2.35. The summed E-state index contributed by atoms with van der Waals surface area (Å²) in [4.78, 5) is 0. The number of hydrogen-bond acceptors (Lipinski definition) is 3.